The molecule has 1 atom stereocenters. The molecule has 0 aromatic heterocycles. The van der Waals surface area contributed by atoms with E-state index in [0.717, 1.165) is 23.7 Å². The third-order valence-electron chi connectivity index (χ3n) is 3.11. The largest absolute Gasteiger partial charge is 0.491 e. The lowest BCUT2D eigenvalue weighted by atomic mass is 10.0. The molecule has 1 aromatic carbocycles. The molecule has 1 aromatic rings. The Morgan fingerprint density at radius 2 is 1.80 bits per heavy atom. The summed E-state index contributed by atoms with van der Waals surface area (Å²) in [6.07, 6.45) is 8.98. The Kier molecular flexibility index (Phi) is 7.84. The van der Waals surface area contributed by atoms with Gasteiger partial charge in [0, 0.05) is 0 Å². The van der Waals surface area contributed by atoms with E-state index in [-0.39, 0.29) is 6.10 Å². The van der Waals surface area contributed by atoms with Gasteiger partial charge in [-0.05, 0) is 43.4 Å². The summed E-state index contributed by atoms with van der Waals surface area (Å²) in [5.74, 6) is 4.14. The van der Waals surface area contributed by atoms with Crippen LogP contribution in [0.1, 0.15) is 45.6 Å². The molecular weight excluding hydrogens is 248 g/mol. The van der Waals surface area contributed by atoms with Crippen LogP contribution in [0.25, 0.3) is 0 Å². The van der Waals surface area contributed by atoms with E-state index in [9.17, 15) is 0 Å². The fourth-order valence-electron chi connectivity index (χ4n) is 2.00. The van der Waals surface area contributed by atoms with Crippen LogP contribution in [-0.4, -0.2) is 12.7 Å². The van der Waals surface area contributed by atoms with Crippen molar-refractivity contribution in [2.24, 2.45) is 5.92 Å². The highest BCUT2D eigenvalue weighted by atomic mass is 16.5. The van der Waals surface area contributed by atoms with E-state index < -0.39 is 0 Å². The highest BCUT2D eigenvalue weighted by Crippen LogP contribution is 2.17. The summed E-state index contributed by atoms with van der Waals surface area (Å²) in [5.41, 5.74) is 1.11. The minimum atomic E-state index is 0.261. The second kappa shape index (κ2) is 9.44. The van der Waals surface area contributed by atoms with Crippen molar-refractivity contribution in [3.8, 4) is 18.1 Å². The summed E-state index contributed by atoms with van der Waals surface area (Å²) in [5, 5.41) is 0. The van der Waals surface area contributed by atoms with E-state index in [1.807, 2.05) is 24.3 Å². The summed E-state index contributed by atoms with van der Waals surface area (Å²) < 4.78 is 11.2. The van der Waals surface area contributed by atoms with Gasteiger partial charge in [0.2, 0.25) is 0 Å². The number of benzene rings is 1. The third-order valence-corrected chi connectivity index (χ3v) is 3.11. The zero-order chi connectivity index (χ0) is 14.8. The van der Waals surface area contributed by atoms with Crippen LogP contribution in [0.2, 0.25) is 0 Å². The van der Waals surface area contributed by atoms with Crippen molar-refractivity contribution in [2.75, 3.05) is 6.61 Å². The molecule has 0 aliphatic heterocycles. The van der Waals surface area contributed by atoms with Gasteiger partial charge < -0.3 is 9.47 Å². The molecule has 0 heterocycles. The Bertz CT molecular complexity index is 400. The SMILES string of the molecule is C#CCOCc1ccc(OC(C)CCCC(C)C)cc1. The second-order valence-electron chi connectivity index (χ2n) is 5.59. The van der Waals surface area contributed by atoms with Crippen molar-refractivity contribution in [2.45, 2.75) is 52.7 Å². The van der Waals surface area contributed by atoms with Crippen LogP contribution < -0.4 is 4.74 Å². The van der Waals surface area contributed by atoms with Gasteiger partial charge in [-0.3, -0.25) is 0 Å². The van der Waals surface area contributed by atoms with Crippen LogP contribution in [0, 0.1) is 18.3 Å². The molecule has 0 fully saturated rings. The predicted molar refractivity (Wildman–Crippen MR) is 83.7 cm³/mol. The smallest absolute Gasteiger partial charge is 0.119 e. The third kappa shape index (κ3) is 7.21. The van der Waals surface area contributed by atoms with Gasteiger partial charge in [-0.15, -0.1) is 6.42 Å². The average Bonchev–Trinajstić information content (AvgIpc) is 2.40. The monoisotopic (exact) mass is 274 g/mol. The van der Waals surface area contributed by atoms with Crippen molar-refractivity contribution in [3.63, 3.8) is 0 Å². The summed E-state index contributed by atoms with van der Waals surface area (Å²) in [6, 6.07) is 8.03. The fraction of sp³-hybridized carbons (Fsp3) is 0.556. The quantitative estimate of drug-likeness (QED) is 0.490. The molecule has 0 aliphatic rings. The summed E-state index contributed by atoms with van der Waals surface area (Å²) in [4.78, 5) is 0. The molecule has 20 heavy (non-hydrogen) atoms. The van der Waals surface area contributed by atoms with Crippen LogP contribution in [0.15, 0.2) is 24.3 Å². The first-order valence-electron chi connectivity index (χ1n) is 7.38. The van der Waals surface area contributed by atoms with Crippen molar-refractivity contribution < 1.29 is 9.47 Å². The molecule has 2 nitrogen and oxygen atoms in total. The van der Waals surface area contributed by atoms with Gasteiger partial charge in [0.05, 0.1) is 12.7 Å². The Balaban J connectivity index is 2.31. The summed E-state index contributed by atoms with van der Waals surface area (Å²) >= 11 is 0. The highest BCUT2D eigenvalue weighted by molar-refractivity contribution is 5.27. The van der Waals surface area contributed by atoms with Gasteiger partial charge >= 0.3 is 0 Å². The normalized spacial score (nSPS) is 12.2. The molecule has 110 valence electrons. The van der Waals surface area contributed by atoms with Crippen molar-refractivity contribution in [1.29, 1.82) is 0 Å². The van der Waals surface area contributed by atoms with Gasteiger partial charge in [-0.2, -0.15) is 0 Å². The van der Waals surface area contributed by atoms with Gasteiger partial charge in [-0.1, -0.05) is 38.3 Å². The van der Waals surface area contributed by atoms with Crippen LogP contribution in [0.4, 0.5) is 0 Å². The Hall–Kier alpha value is -1.46. The zero-order valence-corrected chi connectivity index (χ0v) is 12.9. The molecule has 0 spiro atoms. The predicted octanol–water partition coefficient (Wildman–Crippen LogP) is 4.43. The second-order valence-corrected chi connectivity index (χ2v) is 5.59. The first kappa shape index (κ1) is 16.6. The standard InChI is InChI=1S/C18H26O2/c1-5-13-19-14-17-9-11-18(12-10-17)20-16(4)8-6-7-15(2)3/h1,9-12,15-16H,6-8,13-14H2,2-4H3. The van der Waals surface area contributed by atoms with Crippen molar-refractivity contribution in [1.82, 2.24) is 0 Å². The van der Waals surface area contributed by atoms with E-state index in [0.29, 0.717) is 13.2 Å². The topological polar surface area (TPSA) is 18.5 Å². The maximum Gasteiger partial charge on any atom is 0.119 e. The van der Waals surface area contributed by atoms with E-state index in [4.69, 9.17) is 15.9 Å². The Morgan fingerprint density at radius 3 is 2.40 bits per heavy atom. The minimum Gasteiger partial charge on any atom is -0.491 e. The van der Waals surface area contributed by atoms with Crippen LogP contribution in [-0.2, 0) is 11.3 Å². The zero-order valence-electron chi connectivity index (χ0n) is 12.9. The maximum atomic E-state index is 5.90. The molecule has 0 saturated carbocycles. The number of terminal acetylenes is 1. The minimum absolute atomic E-state index is 0.261. The molecule has 1 rings (SSSR count). The lowest BCUT2D eigenvalue weighted by molar-refractivity contribution is 0.153. The molecule has 2 heteroatoms. The summed E-state index contributed by atoms with van der Waals surface area (Å²) in [6.45, 7) is 7.54. The van der Waals surface area contributed by atoms with Crippen LogP contribution in [0.5, 0.6) is 5.75 Å². The molecule has 0 amide bonds. The van der Waals surface area contributed by atoms with E-state index in [2.05, 4.69) is 26.7 Å². The molecule has 1 unspecified atom stereocenters. The van der Waals surface area contributed by atoms with E-state index >= 15 is 0 Å². The molecule has 0 bridgehead atoms. The lowest BCUT2D eigenvalue weighted by Crippen LogP contribution is -2.11. The highest BCUT2D eigenvalue weighted by Gasteiger charge is 2.05. The Morgan fingerprint density at radius 1 is 1.10 bits per heavy atom. The summed E-state index contributed by atoms with van der Waals surface area (Å²) in [7, 11) is 0. The number of hydrogen-bond acceptors (Lipinski definition) is 2. The number of hydrogen-bond donors (Lipinski definition) is 0. The molecule has 0 N–H and O–H groups in total. The van der Waals surface area contributed by atoms with Crippen molar-refractivity contribution >= 4 is 0 Å². The first-order chi connectivity index (χ1) is 9.61. The molecule has 0 saturated heterocycles. The van der Waals surface area contributed by atoms with Crippen LogP contribution >= 0.6 is 0 Å². The fourth-order valence-corrected chi connectivity index (χ4v) is 2.00. The Labute approximate surface area is 123 Å². The molecule has 0 aliphatic carbocycles. The van der Waals surface area contributed by atoms with Crippen molar-refractivity contribution in [3.05, 3.63) is 29.8 Å². The average molecular weight is 274 g/mol. The lowest BCUT2D eigenvalue weighted by Gasteiger charge is -2.15. The van der Waals surface area contributed by atoms with Gasteiger partial charge in [-0.25, -0.2) is 0 Å². The molecular formula is C18H26O2. The van der Waals surface area contributed by atoms with Gasteiger partial charge in [0.15, 0.2) is 0 Å². The maximum absolute atomic E-state index is 5.90. The number of rotatable bonds is 9. The van der Waals surface area contributed by atoms with E-state index in [1.165, 1.54) is 12.8 Å². The van der Waals surface area contributed by atoms with Gasteiger partial charge in [0.1, 0.15) is 12.4 Å². The molecule has 0 radical (unpaired) electrons. The van der Waals surface area contributed by atoms with Gasteiger partial charge in [0.25, 0.3) is 0 Å². The first-order valence-corrected chi connectivity index (χ1v) is 7.38. The van der Waals surface area contributed by atoms with Crippen LogP contribution in [0.3, 0.4) is 0 Å². The van der Waals surface area contributed by atoms with E-state index in [1.54, 1.807) is 0 Å². The number of ether oxygens (including phenoxy) is 2.